The molecule has 4 nitrogen and oxygen atoms in total. The summed E-state index contributed by atoms with van der Waals surface area (Å²) >= 11 is 3.38. The van der Waals surface area contributed by atoms with E-state index in [2.05, 4.69) is 35.1 Å². The summed E-state index contributed by atoms with van der Waals surface area (Å²) in [5, 5.41) is 3.80. The molecule has 0 saturated carbocycles. The Bertz CT molecular complexity index is 468. The number of aryl methyl sites for hydroxylation is 1. The molecule has 0 aliphatic carbocycles. The van der Waals surface area contributed by atoms with Crippen molar-refractivity contribution in [3.05, 3.63) is 34.2 Å². The van der Waals surface area contributed by atoms with Gasteiger partial charge in [0.25, 0.3) is 11.5 Å². The molecule has 1 unspecified atom stereocenters. The van der Waals surface area contributed by atoms with E-state index < -0.39 is 0 Å². The number of amides is 1. The van der Waals surface area contributed by atoms with Crippen LogP contribution < -0.4 is 10.9 Å². The molecule has 1 N–H and O–H groups in total. The average molecular weight is 315 g/mol. The molecule has 0 spiro atoms. The molecule has 0 bridgehead atoms. The topological polar surface area (TPSA) is 51.1 Å². The lowest BCUT2D eigenvalue weighted by molar-refractivity contribution is 0.0924. The van der Waals surface area contributed by atoms with Crippen LogP contribution in [0.1, 0.15) is 30.6 Å². The Morgan fingerprint density at radius 3 is 2.67 bits per heavy atom. The molecule has 0 fully saturated rings. The fourth-order valence-electron chi connectivity index (χ4n) is 1.63. The molecule has 1 aromatic heterocycles. The van der Waals surface area contributed by atoms with E-state index >= 15 is 0 Å². The number of rotatable bonds is 5. The number of hydrogen-bond donors (Lipinski definition) is 1. The highest BCUT2D eigenvalue weighted by molar-refractivity contribution is 9.09. The molecule has 0 aromatic carbocycles. The third-order valence-corrected chi connectivity index (χ3v) is 3.37. The molecule has 0 radical (unpaired) electrons. The number of carbonyl (C=O) groups excluding carboxylic acids is 1. The van der Waals surface area contributed by atoms with Crippen LogP contribution in [0.4, 0.5) is 0 Å². The minimum atomic E-state index is -0.188. The Kier molecular flexibility index (Phi) is 5.59. The van der Waals surface area contributed by atoms with Gasteiger partial charge in [0.2, 0.25) is 0 Å². The van der Waals surface area contributed by atoms with Gasteiger partial charge in [-0.2, -0.15) is 0 Å². The highest BCUT2D eigenvalue weighted by Gasteiger charge is 2.16. The molecule has 5 heteroatoms. The van der Waals surface area contributed by atoms with Crippen LogP contribution in [0.15, 0.2) is 23.1 Å². The summed E-state index contributed by atoms with van der Waals surface area (Å²) in [6, 6.07) is 3.13. The largest absolute Gasteiger partial charge is 0.349 e. The van der Waals surface area contributed by atoms with Gasteiger partial charge in [-0.15, -0.1) is 0 Å². The molecule has 18 heavy (non-hydrogen) atoms. The second-order valence-corrected chi connectivity index (χ2v) is 5.46. The first-order chi connectivity index (χ1) is 8.45. The molecule has 0 aliphatic heterocycles. The van der Waals surface area contributed by atoms with Crippen LogP contribution in [0.2, 0.25) is 0 Å². The molecule has 1 amide bonds. The van der Waals surface area contributed by atoms with E-state index in [1.165, 1.54) is 10.6 Å². The lowest BCUT2D eigenvalue weighted by Gasteiger charge is -2.21. The predicted octanol–water partition coefficient (Wildman–Crippen LogP) is 1.92. The lowest BCUT2D eigenvalue weighted by Crippen LogP contribution is -2.39. The summed E-state index contributed by atoms with van der Waals surface area (Å²) in [5.74, 6) is 0.172. The van der Waals surface area contributed by atoms with Gasteiger partial charge in [-0.25, -0.2) is 0 Å². The number of alkyl halides is 1. The van der Waals surface area contributed by atoms with Crippen molar-refractivity contribution in [1.29, 1.82) is 0 Å². The average Bonchev–Trinajstić information content (AvgIpc) is 2.31. The summed E-state index contributed by atoms with van der Waals surface area (Å²) in [4.78, 5) is 23.5. The Hall–Kier alpha value is -1.10. The van der Waals surface area contributed by atoms with Crippen molar-refractivity contribution < 1.29 is 4.79 Å². The van der Waals surface area contributed by atoms with Gasteiger partial charge in [-0.3, -0.25) is 9.59 Å². The molecular weight excluding hydrogens is 296 g/mol. The quantitative estimate of drug-likeness (QED) is 0.844. The van der Waals surface area contributed by atoms with Crippen LogP contribution in [0.5, 0.6) is 0 Å². The van der Waals surface area contributed by atoms with Gasteiger partial charge >= 0.3 is 0 Å². The zero-order valence-electron chi connectivity index (χ0n) is 10.9. The zero-order chi connectivity index (χ0) is 13.7. The second kappa shape index (κ2) is 6.73. The minimum absolute atomic E-state index is 0.112. The molecule has 0 aliphatic rings. The Morgan fingerprint density at radius 1 is 1.50 bits per heavy atom. The van der Waals surface area contributed by atoms with Gasteiger partial charge in [0.15, 0.2) is 0 Å². The third-order valence-electron chi connectivity index (χ3n) is 2.91. The van der Waals surface area contributed by atoms with Gasteiger partial charge in [-0.1, -0.05) is 29.8 Å². The second-order valence-electron chi connectivity index (χ2n) is 4.67. The number of nitrogens with zero attached hydrogens (tertiary/aromatic N) is 1. The van der Waals surface area contributed by atoms with Gasteiger partial charge in [0, 0.05) is 36.2 Å². The Morgan fingerprint density at radius 2 is 2.17 bits per heavy atom. The maximum Gasteiger partial charge on any atom is 0.251 e. The van der Waals surface area contributed by atoms with E-state index in [-0.39, 0.29) is 17.5 Å². The van der Waals surface area contributed by atoms with E-state index in [4.69, 9.17) is 0 Å². The summed E-state index contributed by atoms with van der Waals surface area (Å²) in [6.07, 6.45) is 2.47. The van der Waals surface area contributed by atoms with Crippen LogP contribution in [-0.2, 0) is 7.05 Å². The molecule has 1 atom stereocenters. The summed E-state index contributed by atoms with van der Waals surface area (Å²) in [6.45, 7) is 4.13. The van der Waals surface area contributed by atoms with Gasteiger partial charge in [0.1, 0.15) is 0 Å². The number of pyridine rings is 1. The van der Waals surface area contributed by atoms with Crippen molar-refractivity contribution in [2.24, 2.45) is 13.0 Å². The molecule has 1 heterocycles. The smallest absolute Gasteiger partial charge is 0.251 e. The Balaban J connectivity index is 2.80. The number of carbonyl (C=O) groups is 1. The van der Waals surface area contributed by atoms with E-state index in [0.717, 1.165) is 11.8 Å². The first kappa shape index (κ1) is 15.0. The number of halogens is 1. The van der Waals surface area contributed by atoms with Gasteiger partial charge in [0.05, 0.1) is 0 Å². The molecule has 0 saturated heterocycles. The fraction of sp³-hybridized carbons (Fsp3) is 0.538. The zero-order valence-corrected chi connectivity index (χ0v) is 12.5. The molecular formula is C13H19BrN2O2. The van der Waals surface area contributed by atoms with Crippen LogP contribution in [0, 0.1) is 5.92 Å². The summed E-state index contributed by atoms with van der Waals surface area (Å²) in [7, 11) is 1.66. The van der Waals surface area contributed by atoms with Crippen LogP contribution in [0.3, 0.4) is 0 Å². The molecule has 1 rings (SSSR count). The van der Waals surface area contributed by atoms with Crippen molar-refractivity contribution >= 4 is 21.8 Å². The van der Waals surface area contributed by atoms with Crippen molar-refractivity contribution in [2.45, 2.75) is 26.3 Å². The number of nitrogens with one attached hydrogen (secondary N) is 1. The predicted molar refractivity (Wildman–Crippen MR) is 76.2 cm³/mol. The fourth-order valence-corrected chi connectivity index (χ4v) is 2.12. The van der Waals surface area contributed by atoms with E-state index in [9.17, 15) is 9.59 Å². The summed E-state index contributed by atoms with van der Waals surface area (Å²) < 4.78 is 1.44. The maximum atomic E-state index is 12.0. The van der Waals surface area contributed by atoms with Crippen LogP contribution in [-0.4, -0.2) is 21.8 Å². The van der Waals surface area contributed by atoms with Crippen molar-refractivity contribution in [1.82, 2.24) is 9.88 Å². The van der Waals surface area contributed by atoms with Gasteiger partial charge < -0.3 is 9.88 Å². The standard InChI is InChI=1S/C13H19BrN2O2/c1-9(2)11(4-6-14)15-13(18)10-5-7-16(3)12(17)8-10/h5,7-9,11H,4,6H2,1-3H3,(H,15,18). The molecule has 100 valence electrons. The van der Waals surface area contributed by atoms with E-state index in [1.807, 2.05) is 0 Å². The first-order valence-electron chi connectivity index (χ1n) is 5.99. The van der Waals surface area contributed by atoms with Crippen LogP contribution >= 0.6 is 15.9 Å². The Labute approximate surface area is 116 Å². The third kappa shape index (κ3) is 3.98. The van der Waals surface area contributed by atoms with Crippen molar-refractivity contribution in [2.75, 3.05) is 5.33 Å². The van der Waals surface area contributed by atoms with Crippen LogP contribution in [0.25, 0.3) is 0 Å². The number of aromatic nitrogens is 1. The lowest BCUT2D eigenvalue weighted by atomic mass is 10.0. The van der Waals surface area contributed by atoms with E-state index in [1.54, 1.807) is 19.3 Å². The highest BCUT2D eigenvalue weighted by atomic mass is 79.9. The highest BCUT2D eigenvalue weighted by Crippen LogP contribution is 2.09. The monoisotopic (exact) mass is 314 g/mol. The van der Waals surface area contributed by atoms with Crippen molar-refractivity contribution in [3.63, 3.8) is 0 Å². The normalized spacial score (nSPS) is 12.5. The number of hydrogen-bond acceptors (Lipinski definition) is 2. The SMILES string of the molecule is CC(C)C(CCBr)NC(=O)c1ccn(C)c(=O)c1. The summed E-state index contributed by atoms with van der Waals surface area (Å²) in [5.41, 5.74) is 0.238. The maximum absolute atomic E-state index is 12.0. The van der Waals surface area contributed by atoms with Crippen molar-refractivity contribution in [3.8, 4) is 0 Å². The van der Waals surface area contributed by atoms with Gasteiger partial charge in [-0.05, 0) is 18.4 Å². The first-order valence-corrected chi connectivity index (χ1v) is 7.11. The minimum Gasteiger partial charge on any atom is -0.349 e. The molecule has 1 aromatic rings. The van der Waals surface area contributed by atoms with E-state index in [0.29, 0.717) is 11.5 Å².